The Labute approximate surface area is 176 Å². The highest BCUT2D eigenvalue weighted by Crippen LogP contribution is 2.20. The van der Waals surface area contributed by atoms with Crippen LogP contribution in [0.15, 0.2) is 53.4 Å². The van der Waals surface area contributed by atoms with Crippen molar-refractivity contribution < 1.29 is 17.6 Å². The molecule has 0 bridgehead atoms. The van der Waals surface area contributed by atoms with Crippen LogP contribution in [0.4, 0.5) is 10.1 Å². The molecule has 2 aromatic carbocycles. The molecule has 0 aliphatic heterocycles. The fraction of sp³-hybridized carbons (Fsp3) is 0.350. The van der Waals surface area contributed by atoms with Gasteiger partial charge in [-0.3, -0.25) is 9.69 Å². The largest absolute Gasteiger partial charge is 0.325 e. The molecule has 0 fully saturated rings. The number of likely N-dealkylation sites (N-methyl/N-ethyl adjacent to an activating group) is 1. The van der Waals surface area contributed by atoms with Gasteiger partial charge in [0.15, 0.2) is 0 Å². The lowest BCUT2D eigenvalue weighted by atomic mass is 10.2. The fourth-order valence-corrected chi connectivity index (χ4v) is 4.17. The predicted molar refractivity (Wildman–Crippen MR) is 113 cm³/mol. The normalized spacial score (nSPS) is 12.9. The molecule has 6 nitrogen and oxygen atoms in total. The third kappa shape index (κ3) is 6.78. The Kier molecular flexibility index (Phi) is 8.15. The summed E-state index contributed by atoms with van der Waals surface area (Å²) < 4.78 is 39.7. The molecule has 158 valence electrons. The quantitative estimate of drug-likeness (QED) is 0.647. The number of hydrogen-bond acceptors (Lipinski definition) is 4. The molecule has 1 unspecified atom stereocenters. The third-order valence-electron chi connectivity index (χ3n) is 4.58. The number of benzene rings is 2. The predicted octanol–water partition coefficient (Wildman–Crippen LogP) is 3.45. The summed E-state index contributed by atoms with van der Waals surface area (Å²) in [7, 11) is -0.304. The van der Waals surface area contributed by atoms with Crippen LogP contribution in [-0.4, -0.2) is 56.8 Å². The minimum Gasteiger partial charge on any atom is -0.325 e. The van der Waals surface area contributed by atoms with E-state index in [4.69, 9.17) is 11.6 Å². The molecule has 0 aliphatic rings. The average Bonchev–Trinajstić information content (AvgIpc) is 2.67. The van der Waals surface area contributed by atoms with Gasteiger partial charge in [0.25, 0.3) is 0 Å². The summed E-state index contributed by atoms with van der Waals surface area (Å²) in [6.45, 7) is 2.48. The van der Waals surface area contributed by atoms with Crippen molar-refractivity contribution in [3.63, 3.8) is 0 Å². The maximum Gasteiger partial charge on any atom is 0.243 e. The van der Waals surface area contributed by atoms with Crippen molar-refractivity contribution in [1.29, 1.82) is 0 Å². The van der Waals surface area contributed by atoms with Crippen LogP contribution in [0, 0.1) is 5.82 Å². The topological polar surface area (TPSA) is 69.7 Å². The van der Waals surface area contributed by atoms with E-state index in [-0.39, 0.29) is 29.2 Å². The Balaban J connectivity index is 1.85. The van der Waals surface area contributed by atoms with E-state index < -0.39 is 10.0 Å². The van der Waals surface area contributed by atoms with Crippen LogP contribution in [0.3, 0.4) is 0 Å². The SMILES string of the molecule is CC(CCN(C)CC(=O)Nc1ccc(F)cc1)N(C)S(=O)(=O)c1ccc(Cl)cc1. The molecule has 1 amide bonds. The van der Waals surface area contributed by atoms with E-state index in [9.17, 15) is 17.6 Å². The van der Waals surface area contributed by atoms with Gasteiger partial charge in [0.1, 0.15) is 5.82 Å². The zero-order chi connectivity index (χ0) is 21.6. The summed E-state index contributed by atoms with van der Waals surface area (Å²) in [5.41, 5.74) is 0.520. The van der Waals surface area contributed by atoms with Crippen molar-refractivity contribution in [2.24, 2.45) is 0 Å². The Hall–Kier alpha value is -2.00. The minimum absolute atomic E-state index is 0.137. The number of nitrogens with zero attached hydrogens (tertiary/aromatic N) is 2. The van der Waals surface area contributed by atoms with Gasteiger partial charge >= 0.3 is 0 Å². The molecule has 1 atom stereocenters. The first-order valence-electron chi connectivity index (χ1n) is 9.07. The molecule has 0 aliphatic carbocycles. The highest BCUT2D eigenvalue weighted by molar-refractivity contribution is 7.89. The molecule has 0 saturated carbocycles. The first-order chi connectivity index (χ1) is 13.6. The molecular formula is C20H25ClFN3O3S. The number of rotatable bonds is 9. The molecule has 2 rings (SSSR count). The van der Waals surface area contributed by atoms with Crippen LogP contribution >= 0.6 is 11.6 Å². The summed E-state index contributed by atoms with van der Waals surface area (Å²) in [5, 5.41) is 3.17. The summed E-state index contributed by atoms with van der Waals surface area (Å²) in [6, 6.07) is 11.3. The Bertz CT molecular complexity index is 921. The van der Waals surface area contributed by atoms with E-state index in [1.54, 1.807) is 24.1 Å². The van der Waals surface area contributed by atoms with E-state index in [0.717, 1.165) is 0 Å². The lowest BCUT2D eigenvalue weighted by Gasteiger charge is -2.26. The molecule has 0 saturated heterocycles. The second-order valence-electron chi connectivity index (χ2n) is 6.91. The maximum absolute atomic E-state index is 12.9. The van der Waals surface area contributed by atoms with Gasteiger partial charge in [0.2, 0.25) is 15.9 Å². The number of sulfonamides is 1. The number of carbonyl (C=O) groups excluding carboxylic acids is 1. The van der Waals surface area contributed by atoms with E-state index in [1.807, 2.05) is 6.92 Å². The second-order valence-corrected chi connectivity index (χ2v) is 9.34. The maximum atomic E-state index is 12.9. The zero-order valence-corrected chi connectivity index (χ0v) is 18.2. The Morgan fingerprint density at radius 3 is 2.28 bits per heavy atom. The lowest BCUT2D eigenvalue weighted by molar-refractivity contribution is -0.117. The van der Waals surface area contributed by atoms with Crippen molar-refractivity contribution in [3.05, 3.63) is 59.4 Å². The number of amides is 1. The molecule has 2 aromatic rings. The smallest absolute Gasteiger partial charge is 0.243 e. The highest BCUT2D eigenvalue weighted by atomic mass is 35.5. The van der Waals surface area contributed by atoms with Gasteiger partial charge < -0.3 is 5.32 Å². The van der Waals surface area contributed by atoms with Gasteiger partial charge in [-0.05, 0) is 75.5 Å². The second kappa shape index (κ2) is 10.2. The lowest BCUT2D eigenvalue weighted by Crippen LogP contribution is -2.38. The number of anilines is 1. The van der Waals surface area contributed by atoms with E-state index in [0.29, 0.717) is 23.7 Å². The van der Waals surface area contributed by atoms with E-state index in [2.05, 4.69) is 5.32 Å². The van der Waals surface area contributed by atoms with E-state index in [1.165, 1.54) is 47.8 Å². The van der Waals surface area contributed by atoms with Gasteiger partial charge in [-0.25, -0.2) is 12.8 Å². The van der Waals surface area contributed by atoms with Gasteiger partial charge in [0, 0.05) is 23.8 Å². The molecule has 0 radical (unpaired) electrons. The molecule has 9 heteroatoms. The standard InChI is InChI=1S/C20H25ClFN3O3S/c1-15(25(3)29(27,28)19-10-4-16(21)5-11-19)12-13-24(2)14-20(26)23-18-8-6-17(22)7-9-18/h4-11,15H,12-14H2,1-3H3,(H,23,26). The van der Waals surface area contributed by atoms with Gasteiger partial charge in [-0.15, -0.1) is 0 Å². The van der Waals surface area contributed by atoms with Crippen LogP contribution in [0.25, 0.3) is 0 Å². The molecule has 0 spiro atoms. The summed E-state index contributed by atoms with van der Waals surface area (Å²) in [6.07, 6.45) is 0.545. The first-order valence-corrected chi connectivity index (χ1v) is 10.9. The van der Waals surface area contributed by atoms with Crippen molar-refractivity contribution in [1.82, 2.24) is 9.21 Å². The van der Waals surface area contributed by atoms with Crippen LogP contribution < -0.4 is 5.32 Å². The van der Waals surface area contributed by atoms with Crippen molar-refractivity contribution in [2.75, 3.05) is 32.5 Å². The number of hydrogen-bond donors (Lipinski definition) is 1. The van der Waals surface area contributed by atoms with Crippen LogP contribution in [0.5, 0.6) is 0 Å². The zero-order valence-electron chi connectivity index (χ0n) is 16.6. The van der Waals surface area contributed by atoms with E-state index >= 15 is 0 Å². The molecule has 0 aromatic heterocycles. The fourth-order valence-electron chi connectivity index (χ4n) is 2.66. The van der Waals surface area contributed by atoms with Gasteiger partial charge in [-0.2, -0.15) is 4.31 Å². The molecular weight excluding hydrogens is 417 g/mol. The molecule has 1 N–H and O–H groups in total. The molecule has 29 heavy (non-hydrogen) atoms. The summed E-state index contributed by atoms with van der Waals surface area (Å²) in [5.74, 6) is -0.597. The summed E-state index contributed by atoms with van der Waals surface area (Å²) in [4.78, 5) is 14.1. The number of halogens is 2. The summed E-state index contributed by atoms with van der Waals surface area (Å²) >= 11 is 5.82. The Morgan fingerprint density at radius 2 is 1.69 bits per heavy atom. The van der Waals surface area contributed by atoms with Gasteiger partial charge in [0.05, 0.1) is 11.4 Å². The number of carbonyl (C=O) groups is 1. The monoisotopic (exact) mass is 441 g/mol. The van der Waals surface area contributed by atoms with Crippen LogP contribution in [0.1, 0.15) is 13.3 Å². The third-order valence-corrected chi connectivity index (χ3v) is 6.82. The van der Waals surface area contributed by atoms with Crippen LogP contribution in [-0.2, 0) is 14.8 Å². The van der Waals surface area contributed by atoms with Crippen molar-refractivity contribution in [2.45, 2.75) is 24.3 Å². The first kappa shape index (κ1) is 23.3. The Morgan fingerprint density at radius 1 is 1.10 bits per heavy atom. The van der Waals surface area contributed by atoms with Crippen LogP contribution in [0.2, 0.25) is 5.02 Å². The average molecular weight is 442 g/mol. The number of nitrogens with one attached hydrogen (secondary N) is 1. The highest BCUT2D eigenvalue weighted by Gasteiger charge is 2.25. The minimum atomic E-state index is -3.62. The van der Waals surface area contributed by atoms with Crippen molar-refractivity contribution >= 4 is 33.2 Å². The van der Waals surface area contributed by atoms with Crippen molar-refractivity contribution in [3.8, 4) is 0 Å². The van der Waals surface area contributed by atoms with Gasteiger partial charge in [-0.1, -0.05) is 11.6 Å². The molecule has 0 heterocycles.